The predicted octanol–water partition coefficient (Wildman–Crippen LogP) is 2.26. The molecular formula is C13H6N2O4. The minimum atomic E-state index is -1.21. The van der Waals surface area contributed by atoms with E-state index >= 15 is 0 Å². The zero-order chi connectivity index (χ0) is 13.8. The molecule has 0 aliphatic carbocycles. The highest BCUT2D eigenvalue weighted by Crippen LogP contribution is 2.32. The molecule has 2 rings (SSSR count). The molecule has 0 spiro atoms. The third-order valence-electron chi connectivity index (χ3n) is 2.46. The summed E-state index contributed by atoms with van der Waals surface area (Å²) in [5.74, 6) is -0.954. The number of fused-ring (bicyclic) bond motifs is 1. The number of carboxylic acids is 1. The van der Waals surface area contributed by atoms with Gasteiger partial charge in [0.05, 0.1) is 5.56 Å². The van der Waals surface area contributed by atoms with E-state index in [2.05, 4.69) is 4.74 Å². The second-order valence-electron chi connectivity index (χ2n) is 3.52. The summed E-state index contributed by atoms with van der Waals surface area (Å²) in [7, 11) is 0. The fourth-order valence-electron chi connectivity index (χ4n) is 1.78. The number of ether oxygens (including phenoxy) is 2. The maximum atomic E-state index is 11.3. The third-order valence-corrected chi connectivity index (χ3v) is 2.46. The van der Waals surface area contributed by atoms with E-state index in [0.717, 1.165) is 0 Å². The topological polar surface area (TPSA) is 103 Å². The van der Waals surface area contributed by atoms with E-state index in [1.54, 1.807) is 12.1 Å². The van der Waals surface area contributed by atoms with Crippen molar-refractivity contribution in [2.24, 2.45) is 0 Å². The molecule has 0 saturated carbocycles. The highest BCUT2D eigenvalue weighted by Gasteiger charge is 2.15. The number of nitriles is 2. The Morgan fingerprint density at radius 3 is 2.53 bits per heavy atom. The van der Waals surface area contributed by atoms with Crippen LogP contribution in [0, 0.1) is 23.0 Å². The molecule has 0 amide bonds. The molecule has 0 unspecified atom stereocenters. The van der Waals surface area contributed by atoms with Crippen LogP contribution in [-0.4, -0.2) is 11.1 Å². The Hall–Kier alpha value is -3.25. The van der Waals surface area contributed by atoms with Gasteiger partial charge in [-0.15, -0.1) is 10.5 Å². The Balaban J connectivity index is 2.80. The molecule has 19 heavy (non-hydrogen) atoms. The molecule has 0 fully saturated rings. The highest BCUT2D eigenvalue weighted by atomic mass is 16.5. The van der Waals surface area contributed by atoms with Crippen molar-refractivity contribution in [3.8, 4) is 24.0 Å². The Kier molecular flexibility index (Phi) is 3.18. The molecule has 1 N–H and O–H groups in total. The molecule has 0 saturated heterocycles. The summed E-state index contributed by atoms with van der Waals surface area (Å²) in [5.41, 5.74) is -0.103. The summed E-state index contributed by atoms with van der Waals surface area (Å²) in [5, 5.41) is 27.0. The van der Waals surface area contributed by atoms with Crippen molar-refractivity contribution in [3.63, 3.8) is 0 Å². The molecule has 6 heteroatoms. The molecule has 2 aromatic rings. The number of hydrogen-bond acceptors (Lipinski definition) is 5. The molecule has 0 atom stereocenters. The van der Waals surface area contributed by atoms with Crippen LogP contribution in [0.5, 0.6) is 11.5 Å². The van der Waals surface area contributed by atoms with Gasteiger partial charge in [-0.05, 0) is 23.6 Å². The minimum absolute atomic E-state index is 0.103. The van der Waals surface area contributed by atoms with Gasteiger partial charge in [0.25, 0.3) is 12.5 Å². The van der Waals surface area contributed by atoms with Crippen LogP contribution in [-0.2, 0) is 0 Å². The van der Waals surface area contributed by atoms with Gasteiger partial charge in [-0.2, -0.15) is 0 Å². The maximum absolute atomic E-state index is 11.3. The predicted molar refractivity (Wildman–Crippen MR) is 63.4 cm³/mol. The van der Waals surface area contributed by atoms with E-state index in [9.17, 15) is 9.90 Å². The summed E-state index contributed by atoms with van der Waals surface area (Å²) >= 11 is 0. The molecule has 0 heterocycles. The largest absolute Gasteiger partial charge is 0.478 e. The first-order chi connectivity index (χ1) is 9.17. The highest BCUT2D eigenvalue weighted by molar-refractivity contribution is 6.07. The van der Waals surface area contributed by atoms with Crippen molar-refractivity contribution in [2.75, 3.05) is 0 Å². The van der Waals surface area contributed by atoms with Crippen LogP contribution in [0.3, 0.4) is 0 Å². The lowest BCUT2D eigenvalue weighted by Gasteiger charge is -2.08. The van der Waals surface area contributed by atoms with Crippen molar-refractivity contribution in [3.05, 3.63) is 35.9 Å². The van der Waals surface area contributed by atoms with Crippen LogP contribution in [0.4, 0.5) is 0 Å². The number of nitrogens with zero attached hydrogens (tertiary/aromatic N) is 2. The van der Waals surface area contributed by atoms with E-state index in [-0.39, 0.29) is 22.4 Å². The normalized spacial score (nSPS) is 9.37. The summed E-state index contributed by atoms with van der Waals surface area (Å²) < 4.78 is 9.39. The van der Waals surface area contributed by atoms with Crippen LogP contribution in [0.15, 0.2) is 30.3 Å². The average molecular weight is 254 g/mol. The van der Waals surface area contributed by atoms with Gasteiger partial charge < -0.3 is 14.6 Å². The van der Waals surface area contributed by atoms with Crippen LogP contribution in [0.1, 0.15) is 10.4 Å². The monoisotopic (exact) mass is 254 g/mol. The van der Waals surface area contributed by atoms with E-state index in [1.807, 2.05) is 0 Å². The number of carbonyl (C=O) groups is 1. The first-order valence-electron chi connectivity index (χ1n) is 5.09. The molecule has 0 radical (unpaired) electrons. The average Bonchev–Trinajstić information content (AvgIpc) is 2.38. The Morgan fingerprint density at radius 2 is 1.89 bits per heavy atom. The number of carboxylic acid groups (broad SMARTS) is 1. The van der Waals surface area contributed by atoms with Gasteiger partial charge in [-0.1, -0.05) is 12.1 Å². The van der Waals surface area contributed by atoms with E-state index in [4.69, 9.17) is 15.3 Å². The molecule has 2 aromatic carbocycles. The first kappa shape index (κ1) is 12.2. The summed E-state index contributed by atoms with van der Waals surface area (Å²) in [6.45, 7) is 0. The lowest BCUT2D eigenvalue weighted by molar-refractivity contribution is 0.0698. The van der Waals surface area contributed by atoms with Crippen LogP contribution >= 0.6 is 0 Å². The van der Waals surface area contributed by atoms with Crippen molar-refractivity contribution >= 4 is 16.7 Å². The van der Waals surface area contributed by atoms with Crippen LogP contribution < -0.4 is 9.47 Å². The van der Waals surface area contributed by atoms with E-state index < -0.39 is 5.97 Å². The minimum Gasteiger partial charge on any atom is -0.478 e. The van der Waals surface area contributed by atoms with Gasteiger partial charge in [0.2, 0.25) is 0 Å². The Labute approximate surface area is 107 Å². The van der Waals surface area contributed by atoms with Crippen molar-refractivity contribution in [1.29, 1.82) is 10.5 Å². The van der Waals surface area contributed by atoms with Gasteiger partial charge in [-0.25, -0.2) is 4.79 Å². The van der Waals surface area contributed by atoms with Crippen molar-refractivity contribution < 1.29 is 19.4 Å². The second kappa shape index (κ2) is 4.94. The summed E-state index contributed by atoms with van der Waals surface area (Å²) in [6.07, 6.45) is 2.98. The molecule has 0 aromatic heterocycles. The SMILES string of the molecule is N#COc1cc(C(=O)O)c2c(OC#N)cccc2c1. The molecule has 92 valence electrons. The smallest absolute Gasteiger partial charge is 0.336 e. The quantitative estimate of drug-likeness (QED) is 0.842. The Morgan fingerprint density at radius 1 is 1.16 bits per heavy atom. The van der Waals surface area contributed by atoms with Gasteiger partial charge >= 0.3 is 5.97 Å². The number of aromatic carboxylic acids is 1. The van der Waals surface area contributed by atoms with Crippen LogP contribution in [0.2, 0.25) is 0 Å². The fraction of sp³-hybridized carbons (Fsp3) is 0. The summed E-state index contributed by atoms with van der Waals surface area (Å²) in [4.78, 5) is 11.3. The van der Waals surface area contributed by atoms with Gasteiger partial charge in [0, 0.05) is 5.39 Å². The van der Waals surface area contributed by atoms with Gasteiger partial charge in [-0.3, -0.25) is 0 Å². The lowest BCUT2D eigenvalue weighted by atomic mass is 10.0. The van der Waals surface area contributed by atoms with E-state index in [1.165, 1.54) is 30.7 Å². The first-order valence-corrected chi connectivity index (χ1v) is 5.09. The second-order valence-corrected chi connectivity index (χ2v) is 3.52. The van der Waals surface area contributed by atoms with E-state index in [0.29, 0.717) is 5.39 Å². The van der Waals surface area contributed by atoms with Crippen molar-refractivity contribution in [2.45, 2.75) is 0 Å². The molecule has 6 nitrogen and oxygen atoms in total. The number of benzene rings is 2. The zero-order valence-electron chi connectivity index (χ0n) is 9.45. The fourth-order valence-corrected chi connectivity index (χ4v) is 1.78. The van der Waals surface area contributed by atoms with Crippen molar-refractivity contribution in [1.82, 2.24) is 0 Å². The molecule has 0 bridgehead atoms. The standard InChI is InChI=1S/C13H6N2O4/c14-6-18-9-4-8-2-1-3-11(19-7-15)12(8)10(5-9)13(16)17/h1-5H,(H,16,17). The summed E-state index contributed by atoms with van der Waals surface area (Å²) in [6, 6.07) is 7.43. The zero-order valence-corrected chi connectivity index (χ0v) is 9.45. The third kappa shape index (κ3) is 2.24. The molecular weight excluding hydrogens is 248 g/mol. The number of hydrogen-bond donors (Lipinski definition) is 1. The number of rotatable bonds is 3. The van der Waals surface area contributed by atoms with Crippen LogP contribution in [0.25, 0.3) is 10.8 Å². The maximum Gasteiger partial charge on any atom is 0.336 e. The Bertz CT molecular complexity index is 741. The molecule has 0 aliphatic rings. The molecule has 0 aliphatic heterocycles. The van der Waals surface area contributed by atoms with Gasteiger partial charge in [0.15, 0.2) is 5.75 Å². The van der Waals surface area contributed by atoms with Gasteiger partial charge in [0.1, 0.15) is 5.75 Å². The lowest BCUT2D eigenvalue weighted by Crippen LogP contribution is -2.00.